The largest absolute Gasteiger partial charge is 0.358 e. The molecule has 0 atom stereocenters. The number of aryl methyl sites for hydroxylation is 2. The Kier molecular flexibility index (Phi) is 9.63. The monoisotopic (exact) mass is 811 g/mol. The summed E-state index contributed by atoms with van der Waals surface area (Å²) in [5.74, 6) is 1.07. The summed E-state index contributed by atoms with van der Waals surface area (Å²) in [7, 11) is 2.27. The fourth-order valence-electron chi connectivity index (χ4n) is 10.0. The molecule has 310 valence electrons. The summed E-state index contributed by atoms with van der Waals surface area (Å²) in [4.78, 5) is 12.3. The SMILES string of the molecule is CC1=C(C2c3ccccc3CCc3ccccc32)N(C)CN1c1cccc(N(c2cc(C(C)(C)C)cc(C(C)(C)C)c2)c2ccc3c4ccccc4n(-c4ccccn4)c3c2)c1. The Balaban J connectivity index is 1.17. The van der Waals surface area contributed by atoms with Gasteiger partial charge in [-0.2, -0.15) is 0 Å². The Bertz CT molecular complexity index is 2930. The topological polar surface area (TPSA) is 27.5 Å². The molecule has 0 saturated carbocycles. The van der Waals surface area contributed by atoms with E-state index in [4.69, 9.17) is 4.98 Å². The predicted octanol–water partition coefficient (Wildman–Crippen LogP) is 14.1. The second-order valence-corrected chi connectivity index (χ2v) is 19.4. The van der Waals surface area contributed by atoms with Crippen molar-refractivity contribution in [2.24, 2.45) is 0 Å². The highest BCUT2D eigenvalue weighted by Crippen LogP contribution is 2.47. The predicted molar refractivity (Wildman–Crippen MR) is 261 cm³/mol. The van der Waals surface area contributed by atoms with Crippen LogP contribution >= 0.6 is 0 Å². The van der Waals surface area contributed by atoms with Crippen LogP contribution in [0.2, 0.25) is 0 Å². The minimum Gasteiger partial charge on any atom is -0.358 e. The van der Waals surface area contributed by atoms with E-state index < -0.39 is 0 Å². The fourth-order valence-corrected chi connectivity index (χ4v) is 10.0. The number of para-hydroxylation sites is 1. The van der Waals surface area contributed by atoms with Gasteiger partial charge < -0.3 is 14.7 Å². The van der Waals surface area contributed by atoms with E-state index in [9.17, 15) is 0 Å². The zero-order valence-corrected chi connectivity index (χ0v) is 37.4. The number of rotatable bonds is 6. The van der Waals surface area contributed by atoms with Crippen LogP contribution < -0.4 is 9.80 Å². The zero-order chi connectivity index (χ0) is 42.9. The number of pyridine rings is 1. The van der Waals surface area contributed by atoms with Crippen LogP contribution in [0, 0.1) is 0 Å². The first-order chi connectivity index (χ1) is 29.8. The van der Waals surface area contributed by atoms with Crippen molar-refractivity contribution in [3.8, 4) is 5.82 Å². The normalized spacial score (nSPS) is 14.7. The lowest BCUT2D eigenvalue weighted by Crippen LogP contribution is -2.26. The molecule has 0 N–H and O–H groups in total. The molecule has 2 aliphatic rings. The lowest BCUT2D eigenvalue weighted by Gasteiger charge is -2.32. The molecular formula is C57H57N5. The number of fused-ring (bicyclic) bond motifs is 5. The zero-order valence-electron chi connectivity index (χ0n) is 37.4. The summed E-state index contributed by atoms with van der Waals surface area (Å²) in [5, 5.41) is 2.42. The molecule has 1 aliphatic carbocycles. The number of benzene rings is 6. The minimum absolute atomic E-state index is 0.0490. The van der Waals surface area contributed by atoms with E-state index in [1.54, 1.807) is 0 Å². The lowest BCUT2D eigenvalue weighted by atomic mass is 9.80. The summed E-state index contributed by atoms with van der Waals surface area (Å²) in [6, 6.07) is 56.5. The first kappa shape index (κ1) is 39.5. The Labute approximate surface area is 367 Å². The highest BCUT2D eigenvalue weighted by Gasteiger charge is 2.35. The molecule has 0 spiro atoms. The third-order valence-corrected chi connectivity index (χ3v) is 13.3. The van der Waals surface area contributed by atoms with E-state index in [0.717, 1.165) is 53.4 Å². The first-order valence-corrected chi connectivity index (χ1v) is 22.2. The van der Waals surface area contributed by atoms with Gasteiger partial charge >= 0.3 is 0 Å². The molecule has 0 unspecified atom stereocenters. The fraction of sp³-hybridized carbons (Fsp3) is 0.246. The molecule has 6 aromatic carbocycles. The molecule has 0 radical (unpaired) electrons. The van der Waals surface area contributed by atoms with Crippen molar-refractivity contribution in [1.82, 2.24) is 14.5 Å². The number of hydrogen-bond donors (Lipinski definition) is 0. The van der Waals surface area contributed by atoms with E-state index >= 15 is 0 Å². The van der Waals surface area contributed by atoms with Gasteiger partial charge in [-0.05, 0) is 125 Å². The van der Waals surface area contributed by atoms with E-state index in [-0.39, 0.29) is 16.7 Å². The molecule has 10 rings (SSSR count). The maximum atomic E-state index is 4.86. The second kappa shape index (κ2) is 15.1. The van der Waals surface area contributed by atoms with Crippen molar-refractivity contribution >= 4 is 44.6 Å². The van der Waals surface area contributed by atoms with Crippen LogP contribution in [0.5, 0.6) is 0 Å². The summed E-state index contributed by atoms with van der Waals surface area (Å²) in [6.07, 6.45) is 4.00. The summed E-state index contributed by atoms with van der Waals surface area (Å²) in [6.45, 7) is 17.0. The molecule has 0 saturated heterocycles. The number of hydrogen-bond acceptors (Lipinski definition) is 4. The van der Waals surface area contributed by atoms with Gasteiger partial charge in [0.25, 0.3) is 0 Å². The molecule has 0 fully saturated rings. The van der Waals surface area contributed by atoms with Gasteiger partial charge in [0.05, 0.1) is 23.6 Å². The van der Waals surface area contributed by atoms with Gasteiger partial charge in [-0.15, -0.1) is 0 Å². The van der Waals surface area contributed by atoms with Gasteiger partial charge in [0.15, 0.2) is 0 Å². The van der Waals surface area contributed by atoms with Gasteiger partial charge in [0.1, 0.15) is 5.82 Å². The van der Waals surface area contributed by atoms with Crippen molar-refractivity contribution in [1.29, 1.82) is 0 Å². The number of aromatic nitrogens is 2. The lowest BCUT2D eigenvalue weighted by molar-refractivity contribution is 0.436. The number of allylic oxidation sites excluding steroid dienone is 2. The summed E-state index contributed by atoms with van der Waals surface area (Å²) in [5.41, 5.74) is 17.7. The van der Waals surface area contributed by atoms with Crippen molar-refractivity contribution in [3.63, 3.8) is 0 Å². The summed E-state index contributed by atoms with van der Waals surface area (Å²) >= 11 is 0. The van der Waals surface area contributed by atoms with E-state index in [1.807, 2.05) is 12.3 Å². The van der Waals surface area contributed by atoms with Gasteiger partial charge in [-0.1, -0.05) is 133 Å². The van der Waals surface area contributed by atoms with Crippen molar-refractivity contribution < 1.29 is 0 Å². The number of nitrogens with zero attached hydrogens (tertiary/aromatic N) is 5. The van der Waals surface area contributed by atoms with Gasteiger partial charge in [-0.25, -0.2) is 4.98 Å². The average Bonchev–Trinajstić information content (AvgIpc) is 3.69. The molecule has 0 bridgehead atoms. The number of anilines is 4. The first-order valence-electron chi connectivity index (χ1n) is 22.2. The second-order valence-electron chi connectivity index (χ2n) is 19.4. The smallest absolute Gasteiger partial charge is 0.137 e. The molecule has 3 heterocycles. The van der Waals surface area contributed by atoms with Crippen molar-refractivity contribution in [2.75, 3.05) is 23.5 Å². The van der Waals surface area contributed by atoms with Crippen LogP contribution in [0.15, 0.2) is 169 Å². The molecule has 0 amide bonds. The van der Waals surface area contributed by atoms with Crippen LogP contribution in [0.4, 0.5) is 22.7 Å². The highest BCUT2D eigenvalue weighted by molar-refractivity contribution is 6.10. The van der Waals surface area contributed by atoms with Crippen LogP contribution in [0.1, 0.15) is 87.8 Å². The van der Waals surface area contributed by atoms with Gasteiger partial charge in [0.2, 0.25) is 0 Å². The number of likely N-dealkylation sites (N-methyl/N-ethyl adjacent to an activating group) is 1. The summed E-state index contributed by atoms with van der Waals surface area (Å²) < 4.78 is 2.31. The van der Waals surface area contributed by atoms with Gasteiger partial charge in [-0.3, -0.25) is 4.57 Å². The highest BCUT2D eigenvalue weighted by atomic mass is 15.4. The quantitative estimate of drug-likeness (QED) is 0.167. The van der Waals surface area contributed by atoms with Crippen molar-refractivity contribution in [3.05, 3.63) is 203 Å². The molecule has 5 heteroatoms. The van der Waals surface area contributed by atoms with E-state index in [2.05, 4.69) is 220 Å². The van der Waals surface area contributed by atoms with Crippen LogP contribution in [0.3, 0.4) is 0 Å². The molecule has 62 heavy (non-hydrogen) atoms. The molecule has 5 nitrogen and oxygen atoms in total. The molecule has 1 aliphatic heterocycles. The van der Waals surface area contributed by atoms with E-state index in [0.29, 0.717) is 0 Å². The molecule has 8 aromatic rings. The Hall–Kier alpha value is -6.59. The Morgan fingerprint density at radius 2 is 1.18 bits per heavy atom. The average molecular weight is 812 g/mol. The Morgan fingerprint density at radius 1 is 0.565 bits per heavy atom. The Morgan fingerprint density at radius 3 is 1.84 bits per heavy atom. The van der Waals surface area contributed by atoms with Crippen molar-refractivity contribution in [2.45, 2.75) is 78.1 Å². The third kappa shape index (κ3) is 6.84. The maximum absolute atomic E-state index is 4.86. The minimum atomic E-state index is -0.0490. The van der Waals surface area contributed by atoms with Crippen LogP contribution in [-0.2, 0) is 23.7 Å². The third-order valence-electron chi connectivity index (χ3n) is 13.3. The van der Waals surface area contributed by atoms with Crippen LogP contribution in [0.25, 0.3) is 27.6 Å². The maximum Gasteiger partial charge on any atom is 0.137 e. The van der Waals surface area contributed by atoms with E-state index in [1.165, 1.54) is 61.2 Å². The van der Waals surface area contributed by atoms with Gasteiger partial charge in [0, 0.05) is 58.2 Å². The van der Waals surface area contributed by atoms with Crippen LogP contribution in [-0.4, -0.2) is 28.2 Å². The molecule has 2 aromatic heterocycles. The molecular weight excluding hydrogens is 755 g/mol. The standard InChI is InChI=1S/C57H57N5/c1-38-55(54-47-22-11-9-18-39(47)27-28-40-19-10-12-23-48(40)54)59(8)37-60(38)43-20-17-21-44(35-43)61(46-33-41(56(2,3)4)32-42(34-46)57(5,6)7)45-29-30-50-49-24-13-14-25-51(49)62(52(50)36-45)53-26-15-16-31-58-53/h9-26,29-36,54H,27-28,37H2,1-8H3.